The molecule has 1 amide bonds. The number of rotatable bonds is 6. The molecule has 3 heterocycles. The molecule has 2 aromatic heterocycles. The van der Waals surface area contributed by atoms with Crippen LogP contribution in [-0.4, -0.2) is 50.4 Å². The highest BCUT2D eigenvalue weighted by atomic mass is 16.5. The van der Waals surface area contributed by atoms with Crippen LogP contribution in [0.25, 0.3) is 0 Å². The summed E-state index contributed by atoms with van der Waals surface area (Å²) >= 11 is 0. The average molecular weight is 333 g/mol. The van der Waals surface area contributed by atoms with Crippen molar-refractivity contribution in [2.45, 2.75) is 45.8 Å². The van der Waals surface area contributed by atoms with Crippen LogP contribution < -0.4 is 0 Å². The zero-order valence-electron chi connectivity index (χ0n) is 14.1. The van der Waals surface area contributed by atoms with Crippen LogP contribution in [0.15, 0.2) is 16.8 Å². The molecule has 2 aromatic rings. The van der Waals surface area contributed by atoms with E-state index >= 15 is 0 Å². The van der Waals surface area contributed by atoms with Crippen LogP contribution in [0, 0.1) is 0 Å². The van der Waals surface area contributed by atoms with Crippen molar-refractivity contribution in [2.75, 3.05) is 19.7 Å². The van der Waals surface area contributed by atoms with Crippen molar-refractivity contribution in [3.63, 3.8) is 0 Å². The van der Waals surface area contributed by atoms with Crippen LogP contribution in [-0.2, 0) is 17.9 Å². The summed E-state index contributed by atoms with van der Waals surface area (Å²) in [6, 6.07) is 1.77. The second-order valence-electron chi connectivity index (χ2n) is 5.81. The molecular weight excluding hydrogens is 310 g/mol. The quantitative estimate of drug-likeness (QED) is 0.802. The molecule has 1 atom stereocenters. The van der Waals surface area contributed by atoms with Crippen LogP contribution in [0.4, 0.5) is 0 Å². The first kappa shape index (κ1) is 16.6. The largest absolute Gasteiger partial charge is 0.372 e. The SMILES string of the molecule is CCOCc1nc(C2CCCN(C(=O)c3ccnn3CC)C2)no1. The number of piperidine rings is 1. The zero-order valence-corrected chi connectivity index (χ0v) is 14.1. The lowest BCUT2D eigenvalue weighted by atomic mass is 9.97. The van der Waals surface area contributed by atoms with E-state index in [1.165, 1.54) is 0 Å². The first-order chi connectivity index (χ1) is 11.7. The highest BCUT2D eigenvalue weighted by molar-refractivity contribution is 5.92. The Morgan fingerprint density at radius 2 is 2.33 bits per heavy atom. The Hall–Kier alpha value is -2.22. The van der Waals surface area contributed by atoms with Gasteiger partial charge in [-0.05, 0) is 32.8 Å². The van der Waals surface area contributed by atoms with Crippen molar-refractivity contribution >= 4 is 5.91 Å². The summed E-state index contributed by atoms with van der Waals surface area (Å²) in [5.74, 6) is 1.25. The number of carbonyl (C=O) groups excluding carboxylic acids is 1. The molecule has 0 spiro atoms. The highest BCUT2D eigenvalue weighted by Crippen LogP contribution is 2.26. The fourth-order valence-corrected chi connectivity index (χ4v) is 2.98. The molecule has 0 bridgehead atoms. The summed E-state index contributed by atoms with van der Waals surface area (Å²) in [4.78, 5) is 19.0. The molecule has 0 aliphatic carbocycles. The van der Waals surface area contributed by atoms with E-state index in [-0.39, 0.29) is 11.8 Å². The maximum atomic E-state index is 12.7. The monoisotopic (exact) mass is 333 g/mol. The van der Waals surface area contributed by atoms with E-state index in [1.54, 1.807) is 16.9 Å². The van der Waals surface area contributed by atoms with Crippen molar-refractivity contribution in [3.05, 3.63) is 29.7 Å². The minimum absolute atomic E-state index is 0.0112. The lowest BCUT2D eigenvalue weighted by Gasteiger charge is -2.31. The number of carbonyl (C=O) groups is 1. The maximum Gasteiger partial charge on any atom is 0.272 e. The topological polar surface area (TPSA) is 86.3 Å². The van der Waals surface area contributed by atoms with E-state index in [0.717, 1.165) is 19.4 Å². The molecule has 8 nitrogen and oxygen atoms in total. The Bertz CT molecular complexity index is 681. The molecule has 1 unspecified atom stereocenters. The Kier molecular flexibility index (Phi) is 5.24. The number of hydrogen-bond acceptors (Lipinski definition) is 6. The van der Waals surface area contributed by atoms with E-state index in [2.05, 4.69) is 15.2 Å². The number of nitrogens with zero attached hydrogens (tertiary/aromatic N) is 5. The molecule has 130 valence electrons. The summed E-state index contributed by atoms with van der Waals surface area (Å²) in [6.07, 6.45) is 3.54. The van der Waals surface area contributed by atoms with Crippen molar-refractivity contribution in [3.8, 4) is 0 Å². The molecule has 24 heavy (non-hydrogen) atoms. The molecule has 1 aliphatic heterocycles. The van der Waals surface area contributed by atoms with Gasteiger partial charge < -0.3 is 14.2 Å². The van der Waals surface area contributed by atoms with Gasteiger partial charge >= 0.3 is 0 Å². The van der Waals surface area contributed by atoms with Gasteiger partial charge in [0.2, 0.25) is 0 Å². The number of ether oxygens (including phenoxy) is 1. The molecule has 1 fully saturated rings. The molecule has 1 aliphatic rings. The second-order valence-corrected chi connectivity index (χ2v) is 5.81. The molecule has 8 heteroatoms. The summed E-state index contributed by atoms with van der Waals surface area (Å²) in [5.41, 5.74) is 0.628. The normalized spacial score (nSPS) is 18.1. The second kappa shape index (κ2) is 7.57. The first-order valence-electron chi connectivity index (χ1n) is 8.44. The van der Waals surface area contributed by atoms with E-state index < -0.39 is 0 Å². The molecule has 0 saturated carbocycles. The van der Waals surface area contributed by atoms with E-state index in [9.17, 15) is 4.79 Å². The van der Waals surface area contributed by atoms with E-state index in [0.29, 0.717) is 43.7 Å². The molecule has 3 rings (SSSR count). The van der Waals surface area contributed by atoms with Crippen LogP contribution in [0.5, 0.6) is 0 Å². The maximum absolute atomic E-state index is 12.7. The smallest absolute Gasteiger partial charge is 0.272 e. The summed E-state index contributed by atoms with van der Waals surface area (Å²) in [6.45, 7) is 6.85. The highest BCUT2D eigenvalue weighted by Gasteiger charge is 2.29. The fourth-order valence-electron chi connectivity index (χ4n) is 2.98. The van der Waals surface area contributed by atoms with E-state index in [1.807, 2.05) is 18.7 Å². The summed E-state index contributed by atoms with van der Waals surface area (Å²) in [7, 11) is 0. The number of aryl methyl sites for hydroxylation is 1. The number of amides is 1. The van der Waals surface area contributed by atoms with Gasteiger partial charge in [-0.1, -0.05) is 5.16 Å². The van der Waals surface area contributed by atoms with Crippen molar-refractivity contribution < 1.29 is 14.1 Å². The molecule has 0 N–H and O–H groups in total. The van der Waals surface area contributed by atoms with Gasteiger partial charge in [0.1, 0.15) is 12.3 Å². The third kappa shape index (κ3) is 3.48. The first-order valence-corrected chi connectivity index (χ1v) is 8.44. The van der Waals surface area contributed by atoms with Gasteiger partial charge in [0.25, 0.3) is 11.8 Å². The van der Waals surface area contributed by atoms with Crippen molar-refractivity contribution in [1.29, 1.82) is 0 Å². The lowest BCUT2D eigenvalue weighted by molar-refractivity contribution is 0.0691. The Morgan fingerprint density at radius 3 is 3.12 bits per heavy atom. The summed E-state index contributed by atoms with van der Waals surface area (Å²) < 4.78 is 12.2. The van der Waals surface area contributed by atoms with Gasteiger partial charge in [-0.15, -0.1) is 0 Å². The third-order valence-electron chi connectivity index (χ3n) is 4.22. The molecule has 0 aromatic carbocycles. The van der Waals surface area contributed by atoms with Gasteiger partial charge in [-0.25, -0.2) is 0 Å². The molecule has 0 radical (unpaired) electrons. The Morgan fingerprint density at radius 1 is 1.46 bits per heavy atom. The molecular formula is C16H23N5O3. The van der Waals surface area contributed by atoms with Gasteiger partial charge in [-0.3, -0.25) is 9.48 Å². The van der Waals surface area contributed by atoms with Crippen molar-refractivity contribution in [2.24, 2.45) is 0 Å². The standard InChI is InChI=1S/C16H23N5O3/c1-3-21-13(7-8-17-21)16(22)20-9-5-6-12(10-20)15-18-14(24-19-15)11-23-4-2/h7-8,12H,3-6,9-11H2,1-2H3. The van der Waals surface area contributed by atoms with Gasteiger partial charge in [0.15, 0.2) is 5.82 Å². The minimum Gasteiger partial charge on any atom is -0.372 e. The lowest BCUT2D eigenvalue weighted by Crippen LogP contribution is -2.40. The van der Waals surface area contributed by atoms with Crippen LogP contribution >= 0.6 is 0 Å². The number of aromatic nitrogens is 4. The van der Waals surface area contributed by atoms with Gasteiger partial charge in [0.05, 0.1) is 0 Å². The van der Waals surface area contributed by atoms with Gasteiger partial charge in [-0.2, -0.15) is 10.1 Å². The predicted octanol–water partition coefficient (Wildman–Crippen LogP) is 1.84. The average Bonchev–Trinajstić information content (AvgIpc) is 3.28. The van der Waals surface area contributed by atoms with Crippen LogP contribution in [0.1, 0.15) is 54.8 Å². The molecule has 1 saturated heterocycles. The summed E-state index contributed by atoms with van der Waals surface area (Å²) in [5, 5.41) is 8.24. The Balaban J connectivity index is 1.68. The predicted molar refractivity (Wildman–Crippen MR) is 85.4 cm³/mol. The number of hydrogen-bond donors (Lipinski definition) is 0. The third-order valence-corrected chi connectivity index (χ3v) is 4.22. The minimum atomic E-state index is 0.0112. The van der Waals surface area contributed by atoms with Crippen molar-refractivity contribution in [1.82, 2.24) is 24.8 Å². The van der Waals surface area contributed by atoms with Gasteiger partial charge in [0, 0.05) is 38.4 Å². The van der Waals surface area contributed by atoms with Crippen LogP contribution in [0.3, 0.4) is 0 Å². The van der Waals surface area contributed by atoms with E-state index in [4.69, 9.17) is 9.26 Å². The Labute approximate surface area is 140 Å². The zero-order chi connectivity index (χ0) is 16.9. The fraction of sp³-hybridized carbons (Fsp3) is 0.625. The van der Waals surface area contributed by atoms with Crippen LogP contribution in [0.2, 0.25) is 0 Å². The number of likely N-dealkylation sites (tertiary alicyclic amines) is 1.